The van der Waals surface area contributed by atoms with Gasteiger partial charge in [0.25, 0.3) is 0 Å². The molecule has 0 fully saturated rings. The van der Waals surface area contributed by atoms with Gasteiger partial charge < -0.3 is 15.2 Å². The zero-order valence-corrected chi connectivity index (χ0v) is 22.4. The molecule has 2 N–H and O–H groups in total. The lowest BCUT2D eigenvalue weighted by atomic mass is 10.1. The first-order chi connectivity index (χ1) is 15.8. The molecule has 0 radical (unpaired) electrons. The first-order valence-electron chi connectivity index (χ1n) is 14.8. The number of unbranched alkanes of at least 4 members (excludes halogenated alkanes) is 20. The Morgan fingerprint density at radius 2 is 0.719 bits per heavy atom. The van der Waals surface area contributed by atoms with E-state index >= 15 is 0 Å². The lowest BCUT2D eigenvalue weighted by molar-refractivity contribution is -0.145. The highest BCUT2D eigenvalue weighted by molar-refractivity contribution is 4.52. The van der Waals surface area contributed by atoms with Gasteiger partial charge in [0.15, 0.2) is 6.29 Å². The van der Waals surface area contributed by atoms with Crippen LogP contribution in [0.3, 0.4) is 0 Å². The highest BCUT2D eigenvalue weighted by Gasteiger charge is 2.08. The van der Waals surface area contributed by atoms with E-state index in [0.29, 0.717) is 6.54 Å². The van der Waals surface area contributed by atoms with Gasteiger partial charge in [-0.15, -0.1) is 0 Å². The van der Waals surface area contributed by atoms with Crippen molar-refractivity contribution in [1.82, 2.24) is 0 Å². The maximum atomic E-state index is 5.96. The third kappa shape index (κ3) is 26.1. The lowest BCUT2D eigenvalue weighted by Crippen LogP contribution is -2.22. The average Bonchev–Trinajstić information content (AvgIpc) is 2.80. The van der Waals surface area contributed by atoms with Gasteiger partial charge in [0.2, 0.25) is 0 Å². The molecule has 1 atom stereocenters. The summed E-state index contributed by atoms with van der Waals surface area (Å²) in [5, 5.41) is 0. The minimum atomic E-state index is -0.0914. The molecule has 0 amide bonds. The van der Waals surface area contributed by atoms with Gasteiger partial charge in [-0.1, -0.05) is 142 Å². The maximum absolute atomic E-state index is 5.96. The van der Waals surface area contributed by atoms with Crippen LogP contribution in [-0.4, -0.2) is 26.0 Å². The van der Waals surface area contributed by atoms with Crippen LogP contribution in [0.15, 0.2) is 0 Å². The van der Waals surface area contributed by atoms with Crippen molar-refractivity contribution < 1.29 is 9.47 Å². The zero-order chi connectivity index (χ0) is 23.4. The standard InChI is InChI=1S/C29H61NO2/c1-3-5-7-9-11-13-15-16-18-20-22-24-28-32-29(25-26-30)31-27-23-21-19-17-14-12-10-8-6-4-2/h29H,3-28,30H2,1-2H3. The minimum Gasteiger partial charge on any atom is -0.353 e. The van der Waals surface area contributed by atoms with Crippen molar-refractivity contribution in [2.24, 2.45) is 5.73 Å². The largest absolute Gasteiger partial charge is 0.353 e. The van der Waals surface area contributed by atoms with E-state index in [4.69, 9.17) is 15.2 Å². The van der Waals surface area contributed by atoms with Crippen LogP contribution >= 0.6 is 0 Å². The quantitative estimate of drug-likeness (QED) is 0.0943. The Hall–Kier alpha value is -0.120. The van der Waals surface area contributed by atoms with Crippen LogP contribution in [0.25, 0.3) is 0 Å². The van der Waals surface area contributed by atoms with Crippen molar-refractivity contribution in [3.8, 4) is 0 Å². The maximum Gasteiger partial charge on any atom is 0.158 e. The molecule has 1 unspecified atom stereocenters. The summed E-state index contributed by atoms with van der Waals surface area (Å²) in [6.45, 7) is 6.85. The second-order valence-corrected chi connectivity index (χ2v) is 9.82. The molecule has 0 bridgehead atoms. The first kappa shape index (κ1) is 31.9. The number of ether oxygens (including phenoxy) is 2. The molecule has 0 spiro atoms. The molecule has 0 aromatic heterocycles. The number of nitrogens with two attached hydrogens (primary N) is 1. The molecule has 0 aliphatic heterocycles. The summed E-state index contributed by atoms with van der Waals surface area (Å²) in [6, 6.07) is 0. The minimum absolute atomic E-state index is 0.0914. The Balaban J connectivity index is 3.38. The number of rotatable bonds is 28. The van der Waals surface area contributed by atoms with Gasteiger partial charge in [0.05, 0.1) is 0 Å². The second kappa shape index (κ2) is 28.9. The zero-order valence-electron chi connectivity index (χ0n) is 22.4. The number of hydrogen-bond acceptors (Lipinski definition) is 3. The second-order valence-electron chi connectivity index (χ2n) is 9.82. The van der Waals surface area contributed by atoms with E-state index in [9.17, 15) is 0 Å². The molecular weight excluding hydrogens is 394 g/mol. The van der Waals surface area contributed by atoms with Gasteiger partial charge in [-0.2, -0.15) is 0 Å². The van der Waals surface area contributed by atoms with Crippen molar-refractivity contribution in [3.63, 3.8) is 0 Å². The van der Waals surface area contributed by atoms with Gasteiger partial charge >= 0.3 is 0 Å². The molecule has 0 heterocycles. The molecule has 0 aromatic rings. The summed E-state index contributed by atoms with van der Waals surface area (Å²) in [5.74, 6) is 0. The molecule has 3 nitrogen and oxygen atoms in total. The molecule has 32 heavy (non-hydrogen) atoms. The molecule has 0 aliphatic carbocycles. The SMILES string of the molecule is CCCCCCCCCCCCCCOC(CCN)OCCCCCCCCCCCC. The predicted molar refractivity (Wildman–Crippen MR) is 142 cm³/mol. The van der Waals surface area contributed by atoms with Gasteiger partial charge in [0, 0.05) is 19.6 Å². The fourth-order valence-corrected chi connectivity index (χ4v) is 4.31. The van der Waals surface area contributed by atoms with Crippen molar-refractivity contribution in [3.05, 3.63) is 0 Å². The molecule has 0 aliphatic rings. The van der Waals surface area contributed by atoms with Crippen LogP contribution in [0, 0.1) is 0 Å². The van der Waals surface area contributed by atoms with E-state index in [-0.39, 0.29) is 6.29 Å². The molecule has 0 aromatic carbocycles. The monoisotopic (exact) mass is 455 g/mol. The third-order valence-electron chi connectivity index (χ3n) is 6.51. The van der Waals surface area contributed by atoms with E-state index < -0.39 is 0 Å². The third-order valence-corrected chi connectivity index (χ3v) is 6.51. The first-order valence-corrected chi connectivity index (χ1v) is 14.8. The Morgan fingerprint density at radius 1 is 0.438 bits per heavy atom. The van der Waals surface area contributed by atoms with Crippen LogP contribution in [0.4, 0.5) is 0 Å². The predicted octanol–water partition coefficient (Wildman–Crippen LogP) is 9.32. The average molecular weight is 456 g/mol. The molecule has 0 saturated heterocycles. The topological polar surface area (TPSA) is 44.5 Å². The van der Waals surface area contributed by atoms with Crippen LogP contribution in [0.5, 0.6) is 0 Å². The van der Waals surface area contributed by atoms with E-state index in [1.807, 2.05) is 0 Å². The smallest absolute Gasteiger partial charge is 0.158 e. The summed E-state index contributed by atoms with van der Waals surface area (Å²) in [7, 11) is 0. The molecular formula is C29H61NO2. The summed E-state index contributed by atoms with van der Waals surface area (Å²) < 4.78 is 11.9. The van der Waals surface area contributed by atoms with Gasteiger partial charge in [0.1, 0.15) is 0 Å². The van der Waals surface area contributed by atoms with E-state index in [0.717, 1.165) is 32.5 Å². The van der Waals surface area contributed by atoms with Gasteiger partial charge in [-0.05, 0) is 19.4 Å². The van der Waals surface area contributed by atoms with Crippen LogP contribution in [-0.2, 0) is 9.47 Å². The number of hydrogen-bond donors (Lipinski definition) is 1. The van der Waals surface area contributed by atoms with E-state index in [1.54, 1.807) is 0 Å². The summed E-state index contributed by atoms with van der Waals surface area (Å²) in [6.07, 6.45) is 30.8. The van der Waals surface area contributed by atoms with Crippen LogP contribution in [0.2, 0.25) is 0 Å². The molecule has 0 rings (SSSR count). The molecule has 0 saturated carbocycles. The molecule has 194 valence electrons. The fourth-order valence-electron chi connectivity index (χ4n) is 4.31. The Labute approximate surface area is 203 Å². The Kier molecular flexibility index (Phi) is 28.8. The summed E-state index contributed by atoms with van der Waals surface area (Å²) in [4.78, 5) is 0. The van der Waals surface area contributed by atoms with Crippen molar-refractivity contribution in [2.75, 3.05) is 19.8 Å². The van der Waals surface area contributed by atoms with Gasteiger partial charge in [-0.25, -0.2) is 0 Å². The fraction of sp³-hybridized carbons (Fsp3) is 1.00. The Morgan fingerprint density at radius 3 is 1.00 bits per heavy atom. The molecule has 3 heteroatoms. The Bertz CT molecular complexity index is 324. The van der Waals surface area contributed by atoms with Gasteiger partial charge in [-0.3, -0.25) is 0 Å². The highest BCUT2D eigenvalue weighted by atomic mass is 16.7. The van der Waals surface area contributed by atoms with Crippen molar-refractivity contribution >= 4 is 0 Å². The lowest BCUT2D eigenvalue weighted by Gasteiger charge is -2.18. The summed E-state index contributed by atoms with van der Waals surface area (Å²) >= 11 is 0. The highest BCUT2D eigenvalue weighted by Crippen LogP contribution is 2.13. The normalized spacial score (nSPS) is 12.5. The summed E-state index contributed by atoms with van der Waals surface area (Å²) in [5.41, 5.74) is 5.74. The van der Waals surface area contributed by atoms with Crippen molar-refractivity contribution in [1.29, 1.82) is 0 Å². The van der Waals surface area contributed by atoms with E-state index in [1.165, 1.54) is 128 Å². The van der Waals surface area contributed by atoms with Crippen LogP contribution in [0.1, 0.15) is 162 Å². The van der Waals surface area contributed by atoms with Crippen LogP contribution < -0.4 is 5.73 Å². The van der Waals surface area contributed by atoms with E-state index in [2.05, 4.69) is 13.8 Å². The van der Waals surface area contributed by atoms with Crippen molar-refractivity contribution in [2.45, 2.75) is 168 Å².